The number of hydrogen-bond donors (Lipinski definition) is 1. The van der Waals surface area contributed by atoms with Crippen LogP contribution in [0, 0.1) is 0 Å². The molecule has 0 aliphatic rings. The van der Waals surface area contributed by atoms with Crippen molar-refractivity contribution >= 4 is 38.6 Å². The fourth-order valence-electron chi connectivity index (χ4n) is 2.58. The van der Waals surface area contributed by atoms with E-state index in [4.69, 9.17) is 4.74 Å². The molecule has 6 nitrogen and oxygen atoms in total. The third-order valence-electron chi connectivity index (χ3n) is 4.09. The highest BCUT2D eigenvalue weighted by atomic mass is 32.2. The summed E-state index contributed by atoms with van der Waals surface area (Å²) < 4.78 is 30.8. The van der Waals surface area contributed by atoms with Crippen LogP contribution in [-0.4, -0.2) is 33.3 Å². The lowest BCUT2D eigenvalue weighted by Crippen LogP contribution is -2.30. The van der Waals surface area contributed by atoms with Crippen molar-refractivity contribution < 1.29 is 22.7 Å². The van der Waals surface area contributed by atoms with Gasteiger partial charge in [0.1, 0.15) is 6.54 Å². The van der Waals surface area contributed by atoms with Crippen LogP contribution in [0.5, 0.6) is 0 Å². The predicted molar refractivity (Wildman–Crippen MR) is 112 cm³/mol. The first-order chi connectivity index (χ1) is 13.9. The van der Waals surface area contributed by atoms with Gasteiger partial charge in [-0.1, -0.05) is 66.7 Å². The number of Topliss-reactive ketones (excluding diaryl/α,β-unsaturated/α-hetero) is 1. The van der Waals surface area contributed by atoms with Crippen molar-refractivity contribution in [3.05, 3.63) is 89.3 Å². The van der Waals surface area contributed by atoms with E-state index in [9.17, 15) is 18.0 Å². The Kier molecular flexibility index (Phi) is 6.54. The Hall–Kier alpha value is -3.29. The highest BCUT2D eigenvalue weighted by Gasteiger charge is 2.13. The van der Waals surface area contributed by atoms with Gasteiger partial charge in [0.15, 0.2) is 12.4 Å². The molecule has 0 radical (unpaired) electrons. The molecule has 0 spiro atoms. The fraction of sp³-hybridized carbons (Fsp3) is 0.0909. The van der Waals surface area contributed by atoms with Crippen LogP contribution in [0.2, 0.25) is 0 Å². The maximum absolute atomic E-state index is 12.2. The molecule has 0 atom stereocenters. The van der Waals surface area contributed by atoms with Gasteiger partial charge in [0.2, 0.25) is 10.0 Å². The summed E-state index contributed by atoms with van der Waals surface area (Å²) in [5, 5.41) is 2.87. The zero-order valence-corrected chi connectivity index (χ0v) is 16.3. The number of esters is 1. The third-order valence-corrected chi connectivity index (χ3v) is 5.13. The van der Waals surface area contributed by atoms with E-state index in [1.165, 1.54) is 6.08 Å². The van der Waals surface area contributed by atoms with Crippen molar-refractivity contribution in [1.29, 1.82) is 0 Å². The predicted octanol–water partition coefficient (Wildman–Crippen LogP) is 3.16. The second kappa shape index (κ2) is 9.27. The van der Waals surface area contributed by atoms with Crippen LogP contribution in [0.25, 0.3) is 16.8 Å². The lowest BCUT2D eigenvalue weighted by molar-refractivity contribution is -0.141. The van der Waals surface area contributed by atoms with E-state index in [0.29, 0.717) is 11.1 Å². The van der Waals surface area contributed by atoms with Gasteiger partial charge < -0.3 is 4.74 Å². The van der Waals surface area contributed by atoms with E-state index in [0.717, 1.165) is 16.2 Å². The molecule has 0 amide bonds. The Balaban J connectivity index is 1.50. The smallest absolute Gasteiger partial charge is 0.321 e. The second-order valence-electron chi connectivity index (χ2n) is 6.23. The molecule has 3 rings (SSSR count). The van der Waals surface area contributed by atoms with Gasteiger partial charge in [-0.2, -0.15) is 0 Å². The minimum absolute atomic E-state index is 0.365. The molecular weight excluding hydrogens is 390 g/mol. The van der Waals surface area contributed by atoms with Crippen molar-refractivity contribution in [3.63, 3.8) is 0 Å². The molecule has 148 valence electrons. The summed E-state index contributed by atoms with van der Waals surface area (Å²) in [4.78, 5) is 24.0. The summed E-state index contributed by atoms with van der Waals surface area (Å²) in [7, 11) is -3.81. The number of hydrogen-bond acceptors (Lipinski definition) is 5. The second-order valence-corrected chi connectivity index (χ2v) is 7.88. The Bertz CT molecular complexity index is 1150. The van der Waals surface area contributed by atoms with Gasteiger partial charge >= 0.3 is 5.97 Å². The minimum atomic E-state index is -3.81. The van der Waals surface area contributed by atoms with Gasteiger partial charge in [0.05, 0.1) is 0 Å². The highest BCUT2D eigenvalue weighted by molar-refractivity contribution is 7.92. The van der Waals surface area contributed by atoms with Gasteiger partial charge in [-0.05, 0) is 28.5 Å². The van der Waals surface area contributed by atoms with Crippen LogP contribution in [0.4, 0.5) is 0 Å². The van der Waals surface area contributed by atoms with Gasteiger partial charge in [0, 0.05) is 11.0 Å². The van der Waals surface area contributed by atoms with Gasteiger partial charge in [-0.15, -0.1) is 0 Å². The molecule has 1 N–H and O–H groups in total. The average molecular weight is 409 g/mol. The highest BCUT2D eigenvalue weighted by Crippen LogP contribution is 2.16. The van der Waals surface area contributed by atoms with E-state index in [2.05, 4.69) is 4.72 Å². The number of nitrogens with one attached hydrogen (secondary N) is 1. The molecule has 0 heterocycles. The molecular formula is C22H19NO5S. The van der Waals surface area contributed by atoms with Gasteiger partial charge in [-0.3, -0.25) is 9.59 Å². The molecule has 0 aromatic heterocycles. The largest absolute Gasteiger partial charge is 0.456 e. The molecule has 0 saturated heterocycles. The number of ketones is 1. The first-order valence-corrected chi connectivity index (χ1v) is 10.4. The Morgan fingerprint density at radius 1 is 0.897 bits per heavy atom. The number of benzene rings is 3. The average Bonchev–Trinajstić information content (AvgIpc) is 2.75. The topological polar surface area (TPSA) is 89.5 Å². The minimum Gasteiger partial charge on any atom is -0.456 e. The Morgan fingerprint density at radius 3 is 2.34 bits per heavy atom. The molecule has 29 heavy (non-hydrogen) atoms. The van der Waals surface area contributed by atoms with Crippen LogP contribution in [-0.2, 0) is 19.6 Å². The summed E-state index contributed by atoms with van der Waals surface area (Å²) in [5.41, 5.74) is 1.13. The molecule has 7 heteroatoms. The van der Waals surface area contributed by atoms with E-state index in [-0.39, 0.29) is 5.78 Å². The van der Waals surface area contributed by atoms with Gasteiger partial charge in [0.25, 0.3) is 0 Å². The first kappa shape index (κ1) is 20.4. The van der Waals surface area contributed by atoms with Crippen LogP contribution in [0.3, 0.4) is 0 Å². The third kappa shape index (κ3) is 6.10. The lowest BCUT2D eigenvalue weighted by Gasteiger charge is -2.06. The summed E-state index contributed by atoms with van der Waals surface area (Å²) in [5.74, 6) is -1.20. The molecule has 3 aromatic carbocycles. The van der Waals surface area contributed by atoms with Crippen molar-refractivity contribution in [2.45, 2.75) is 0 Å². The monoisotopic (exact) mass is 409 g/mol. The van der Waals surface area contributed by atoms with Crippen molar-refractivity contribution in [2.24, 2.45) is 0 Å². The van der Waals surface area contributed by atoms with Crippen LogP contribution >= 0.6 is 0 Å². The number of sulfonamides is 1. The standard InChI is InChI=1S/C22H19NO5S/c24-21(20-11-10-18-8-4-5-9-19(18)14-20)16-28-22(25)15-23-29(26,27)13-12-17-6-2-1-3-7-17/h1-14,23H,15-16H2/b13-12+. The van der Waals surface area contributed by atoms with E-state index >= 15 is 0 Å². The molecule has 0 aliphatic heterocycles. The van der Waals surface area contributed by atoms with E-state index in [1.807, 2.05) is 36.4 Å². The molecule has 0 bridgehead atoms. The molecule has 0 saturated carbocycles. The number of carbonyl (C=O) groups is 2. The molecule has 0 unspecified atom stereocenters. The zero-order chi connectivity index (χ0) is 20.7. The Morgan fingerprint density at radius 2 is 1.59 bits per heavy atom. The summed E-state index contributed by atoms with van der Waals surface area (Å²) in [6.07, 6.45) is 1.41. The van der Waals surface area contributed by atoms with E-state index < -0.39 is 29.1 Å². The van der Waals surface area contributed by atoms with Crippen LogP contribution in [0.15, 0.2) is 78.2 Å². The number of fused-ring (bicyclic) bond motifs is 1. The first-order valence-electron chi connectivity index (χ1n) is 8.83. The SMILES string of the molecule is O=C(CNS(=O)(=O)/C=C/c1ccccc1)OCC(=O)c1ccc2ccccc2c1. The molecule has 0 fully saturated rings. The summed E-state index contributed by atoms with van der Waals surface area (Å²) in [6, 6.07) is 21.7. The lowest BCUT2D eigenvalue weighted by atomic mass is 10.0. The van der Waals surface area contributed by atoms with Crippen LogP contribution < -0.4 is 4.72 Å². The summed E-state index contributed by atoms with van der Waals surface area (Å²) >= 11 is 0. The number of carbonyl (C=O) groups excluding carboxylic acids is 2. The zero-order valence-electron chi connectivity index (χ0n) is 15.4. The molecule has 3 aromatic rings. The van der Waals surface area contributed by atoms with E-state index in [1.54, 1.807) is 36.4 Å². The van der Waals surface area contributed by atoms with Gasteiger partial charge in [-0.25, -0.2) is 13.1 Å². The number of ether oxygens (including phenoxy) is 1. The van der Waals surface area contributed by atoms with Crippen molar-refractivity contribution in [3.8, 4) is 0 Å². The normalized spacial score (nSPS) is 11.6. The quantitative estimate of drug-likeness (QED) is 0.456. The maximum Gasteiger partial charge on any atom is 0.321 e. The van der Waals surface area contributed by atoms with Crippen molar-refractivity contribution in [2.75, 3.05) is 13.2 Å². The molecule has 0 aliphatic carbocycles. The van der Waals surface area contributed by atoms with Crippen LogP contribution in [0.1, 0.15) is 15.9 Å². The fourth-order valence-corrected chi connectivity index (χ4v) is 3.33. The summed E-state index contributed by atoms with van der Waals surface area (Å²) in [6.45, 7) is -1.02. The maximum atomic E-state index is 12.2. The Labute approximate surface area is 168 Å². The van der Waals surface area contributed by atoms with Crippen molar-refractivity contribution in [1.82, 2.24) is 4.72 Å². The number of rotatable bonds is 8.